The summed E-state index contributed by atoms with van der Waals surface area (Å²) in [7, 11) is 0. The Bertz CT molecular complexity index is 549. The van der Waals surface area contributed by atoms with Gasteiger partial charge >= 0.3 is 0 Å². The van der Waals surface area contributed by atoms with Gasteiger partial charge in [0.15, 0.2) is 0 Å². The van der Waals surface area contributed by atoms with Gasteiger partial charge in [0.05, 0.1) is 13.2 Å². The maximum Gasteiger partial charge on any atom is 0.125 e. The molecule has 2 aromatic rings. The number of hydrogen-bond donors (Lipinski definition) is 1. The van der Waals surface area contributed by atoms with Gasteiger partial charge in [0.2, 0.25) is 0 Å². The van der Waals surface area contributed by atoms with E-state index in [2.05, 4.69) is 6.92 Å². The molecule has 0 saturated carbocycles. The Balaban J connectivity index is 2.17. The molecule has 2 rings (SSSR count). The van der Waals surface area contributed by atoms with Crippen molar-refractivity contribution in [2.24, 2.45) is 0 Å². The second-order valence-electron chi connectivity index (χ2n) is 4.79. The predicted octanol–water partition coefficient (Wildman–Crippen LogP) is 3.96. The highest BCUT2D eigenvalue weighted by molar-refractivity contribution is 5.41. The molecule has 3 heteroatoms. The fourth-order valence-corrected chi connectivity index (χ4v) is 2.14. The van der Waals surface area contributed by atoms with E-state index in [1.165, 1.54) is 0 Å². The second kappa shape index (κ2) is 7.70. The highest BCUT2D eigenvalue weighted by Gasteiger charge is 2.15. The van der Waals surface area contributed by atoms with E-state index >= 15 is 0 Å². The normalized spacial score (nSPS) is 12.0. The highest BCUT2D eigenvalue weighted by atomic mass is 16.5. The smallest absolute Gasteiger partial charge is 0.125 e. The molecule has 1 unspecified atom stereocenters. The summed E-state index contributed by atoms with van der Waals surface area (Å²) >= 11 is 0. The number of aliphatic hydroxyl groups excluding tert-OH is 1. The van der Waals surface area contributed by atoms with Crippen molar-refractivity contribution in [1.82, 2.24) is 0 Å². The third kappa shape index (κ3) is 3.99. The van der Waals surface area contributed by atoms with Crippen molar-refractivity contribution in [1.29, 1.82) is 0 Å². The maximum atomic E-state index is 10.5. The lowest BCUT2D eigenvalue weighted by atomic mass is 10.0. The number of hydrogen-bond acceptors (Lipinski definition) is 3. The third-order valence-corrected chi connectivity index (χ3v) is 3.18. The van der Waals surface area contributed by atoms with E-state index in [0.717, 1.165) is 29.0 Å². The van der Waals surface area contributed by atoms with Crippen molar-refractivity contribution >= 4 is 0 Å². The summed E-state index contributed by atoms with van der Waals surface area (Å²) in [6.45, 7) is 5.29. The van der Waals surface area contributed by atoms with Gasteiger partial charge in [-0.25, -0.2) is 0 Å². The van der Waals surface area contributed by atoms with Crippen LogP contribution in [0.4, 0.5) is 0 Å². The first-order valence-electron chi connectivity index (χ1n) is 7.38. The van der Waals surface area contributed by atoms with Crippen molar-refractivity contribution in [2.75, 3.05) is 13.2 Å². The quantitative estimate of drug-likeness (QED) is 0.837. The molecular weight excluding hydrogens is 264 g/mol. The van der Waals surface area contributed by atoms with Crippen LogP contribution in [0.15, 0.2) is 48.5 Å². The van der Waals surface area contributed by atoms with Gasteiger partial charge in [-0.1, -0.05) is 37.3 Å². The molecule has 1 N–H and O–H groups in total. The monoisotopic (exact) mass is 286 g/mol. The lowest BCUT2D eigenvalue weighted by Gasteiger charge is -2.16. The molecular formula is C18H22O3. The summed E-state index contributed by atoms with van der Waals surface area (Å²) in [5.74, 6) is 1.55. The topological polar surface area (TPSA) is 38.7 Å². The SMILES string of the molecule is CCCOc1ccc(C(O)c2ccccc2OCC)cc1. The fourth-order valence-electron chi connectivity index (χ4n) is 2.14. The number of rotatable bonds is 7. The molecule has 0 heterocycles. The van der Waals surface area contributed by atoms with Crippen LogP contribution in [0.1, 0.15) is 37.5 Å². The summed E-state index contributed by atoms with van der Waals surface area (Å²) < 4.78 is 11.1. The Morgan fingerprint density at radius 3 is 2.33 bits per heavy atom. The standard InChI is InChI=1S/C18H22O3/c1-3-13-21-15-11-9-14(10-12-15)18(19)16-7-5-6-8-17(16)20-4-2/h5-12,18-19H,3-4,13H2,1-2H3. The first kappa shape index (κ1) is 15.4. The van der Waals surface area contributed by atoms with Crippen LogP contribution in [0.2, 0.25) is 0 Å². The van der Waals surface area contributed by atoms with Crippen molar-refractivity contribution < 1.29 is 14.6 Å². The van der Waals surface area contributed by atoms with E-state index in [1.54, 1.807) is 0 Å². The first-order valence-corrected chi connectivity index (χ1v) is 7.38. The highest BCUT2D eigenvalue weighted by Crippen LogP contribution is 2.30. The molecule has 0 saturated heterocycles. The summed E-state index contributed by atoms with van der Waals surface area (Å²) in [6, 6.07) is 15.1. The van der Waals surface area contributed by atoms with Crippen LogP contribution in [0.25, 0.3) is 0 Å². The summed E-state index contributed by atoms with van der Waals surface area (Å²) in [5, 5.41) is 10.5. The zero-order chi connectivity index (χ0) is 15.1. The van der Waals surface area contributed by atoms with Crippen LogP contribution in [-0.4, -0.2) is 18.3 Å². The Labute approximate surface area is 126 Å². The molecule has 0 spiro atoms. The Hall–Kier alpha value is -2.00. The van der Waals surface area contributed by atoms with Gasteiger partial charge in [-0.3, -0.25) is 0 Å². The third-order valence-electron chi connectivity index (χ3n) is 3.18. The van der Waals surface area contributed by atoms with Gasteiger partial charge in [0, 0.05) is 5.56 Å². The van der Waals surface area contributed by atoms with Gasteiger partial charge < -0.3 is 14.6 Å². The van der Waals surface area contributed by atoms with Crippen molar-refractivity contribution in [3.63, 3.8) is 0 Å². The molecule has 0 aliphatic carbocycles. The van der Waals surface area contributed by atoms with E-state index in [-0.39, 0.29) is 0 Å². The molecule has 0 amide bonds. The Morgan fingerprint density at radius 2 is 1.67 bits per heavy atom. The minimum Gasteiger partial charge on any atom is -0.494 e. The first-order chi connectivity index (χ1) is 10.3. The van der Waals surface area contributed by atoms with Crippen LogP contribution < -0.4 is 9.47 Å². The molecule has 0 radical (unpaired) electrons. The average Bonchev–Trinajstić information content (AvgIpc) is 2.53. The zero-order valence-electron chi connectivity index (χ0n) is 12.6. The van der Waals surface area contributed by atoms with Gasteiger partial charge in [0.1, 0.15) is 17.6 Å². The summed E-state index contributed by atoms with van der Waals surface area (Å²) in [5.41, 5.74) is 1.60. The molecule has 1 atom stereocenters. The van der Waals surface area contributed by atoms with Crippen LogP contribution in [-0.2, 0) is 0 Å². The number of para-hydroxylation sites is 1. The van der Waals surface area contributed by atoms with Crippen LogP contribution >= 0.6 is 0 Å². The van der Waals surface area contributed by atoms with Gasteiger partial charge in [-0.15, -0.1) is 0 Å². The van der Waals surface area contributed by atoms with Crippen molar-refractivity contribution in [3.05, 3.63) is 59.7 Å². The van der Waals surface area contributed by atoms with Gasteiger partial charge in [-0.05, 0) is 37.1 Å². The number of benzene rings is 2. The minimum absolute atomic E-state index is 0.577. The fraction of sp³-hybridized carbons (Fsp3) is 0.333. The molecule has 0 fully saturated rings. The van der Waals surface area contributed by atoms with Gasteiger partial charge in [-0.2, -0.15) is 0 Å². The molecule has 3 nitrogen and oxygen atoms in total. The van der Waals surface area contributed by atoms with Crippen LogP contribution in [0, 0.1) is 0 Å². The number of aliphatic hydroxyl groups is 1. The molecule has 0 aromatic heterocycles. The van der Waals surface area contributed by atoms with Crippen molar-refractivity contribution in [2.45, 2.75) is 26.4 Å². The summed E-state index contributed by atoms with van der Waals surface area (Å²) in [4.78, 5) is 0. The molecule has 2 aromatic carbocycles. The van der Waals surface area contributed by atoms with E-state index in [0.29, 0.717) is 13.2 Å². The van der Waals surface area contributed by atoms with Crippen molar-refractivity contribution in [3.8, 4) is 11.5 Å². The van der Waals surface area contributed by atoms with E-state index in [4.69, 9.17) is 9.47 Å². The molecule has 0 bridgehead atoms. The molecule has 21 heavy (non-hydrogen) atoms. The second-order valence-corrected chi connectivity index (χ2v) is 4.79. The lowest BCUT2D eigenvalue weighted by molar-refractivity contribution is 0.212. The lowest BCUT2D eigenvalue weighted by Crippen LogP contribution is -2.04. The van der Waals surface area contributed by atoms with Crippen LogP contribution in [0.5, 0.6) is 11.5 Å². The predicted molar refractivity (Wildman–Crippen MR) is 83.9 cm³/mol. The molecule has 112 valence electrons. The van der Waals surface area contributed by atoms with Gasteiger partial charge in [0.25, 0.3) is 0 Å². The Morgan fingerprint density at radius 1 is 0.952 bits per heavy atom. The van der Waals surface area contributed by atoms with E-state index in [1.807, 2.05) is 55.5 Å². The maximum absolute atomic E-state index is 10.5. The molecule has 0 aliphatic heterocycles. The zero-order valence-corrected chi connectivity index (χ0v) is 12.6. The summed E-state index contributed by atoms with van der Waals surface area (Å²) in [6.07, 6.45) is 0.277. The number of ether oxygens (including phenoxy) is 2. The van der Waals surface area contributed by atoms with E-state index in [9.17, 15) is 5.11 Å². The van der Waals surface area contributed by atoms with Crippen LogP contribution in [0.3, 0.4) is 0 Å². The Kier molecular flexibility index (Phi) is 5.64. The minimum atomic E-state index is -0.701. The van der Waals surface area contributed by atoms with E-state index < -0.39 is 6.10 Å². The molecule has 0 aliphatic rings. The largest absolute Gasteiger partial charge is 0.494 e. The average molecular weight is 286 g/mol.